The third-order valence-electron chi connectivity index (χ3n) is 3.31. The Labute approximate surface area is 129 Å². The van der Waals surface area contributed by atoms with Crippen molar-refractivity contribution in [3.8, 4) is 0 Å². The highest BCUT2D eigenvalue weighted by molar-refractivity contribution is 5.11. The van der Waals surface area contributed by atoms with Crippen LogP contribution in [0.4, 0.5) is 0 Å². The van der Waals surface area contributed by atoms with Gasteiger partial charge in [-0.05, 0) is 38.1 Å². The van der Waals surface area contributed by atoms with E-state index in [-0.39, 0.29) is 0 Å². The Bertz CT molecular complexity index is 382. The largest absolute Gasteiger partial charge is 0.380 e. The zero-order valence-electron chi connectivity index (χ0n) is 14.1. The van der Waals surface area contributed by atoms with E-state index in [2.05, 4.69) is 49.2 Å². The summed E-state index contributed by atoms with van der Waals surface area (Å²) in [5.41, 5.74) is 2.26. The molecule has 0 bridgehead atoms. The molecule has 1 aromatic heterocycles. The molecule has 4 nitrogen and oxygen atoms in total. The molecule has 0 saturated carbocycles. The Kier molecular flexibility index (Phi) is 9.22. The first-order chi connectivity index (χ1) is 10.2. The van der Waals surface area contributed by atoms with Crippen LogP contribution in [0.15, 0.2) is 18.2 Å². The van der Waals surface area contributed by atoms with Gasteiger partial charge in [0.05, 0.1) is 18.0 Å². The van der Waals surface area contributed by atoms with Crippen molar-refractivity contribution in [3.63, 3.8) is 0 Å². The SMILES string of the molecule is CCOCCN(CC)Cc1cccc(CNCC(C)C)n1. The Morgan fingerprint density at radius 3 is 2.67 bits per heavy atom. The van der Waals surface area contributed by atoms with E-state index in [1.54, 1.807) is 0 Å². The third kappa shape index (κ3) is 8.15. The van der Waals surface area contributed by atoms with Gasteiger partial charge in [0.15, 0.2) is 0 Å². The molecule has 0 saturated heterocycles. The van der Waals surface area contributed by atoms with Crippen LogP contribution in [-0.4, -0.2) is 42.7 Å². The van der Waals surface area contributed by atoms with E-state index in [9.17, 15) is 0 Å². The lowest BCUT2D eigenvalue weighted by Gasteiger charge is -2.20. The fraction of sp³-hybridized carbons (Fsp3) is 0.706. The third-order valence-corrected chi connectivity index (χ3v) is 3.31. The number of likely N-dealkylation sites (N-methyl/N-ethyl adjacent to an activating group) is 1. The Morgan fingerprint density at radius 1 is 1.24 bits per heavy atom. The van der Waals surface area contributed by atoms with Crippen molar-refractivity contribution < 1.29 is 4.74 Å². The van der Waals surface area contributed by atoms with Gasteiger partial charge in [-0.1, -0.05) is 26.8 Å². The van der Waals surface area contributed by atoms with Gasteiger partial charge in [-0.25, -0.2) is 0 Å². The fourth-order valence-corrected chi connectivity index (χ4v) is 2.12. The van der Waals surface area contributed by atoms with Gasteiger partial charge in [-0.15, -0.1) is 0 Å². The van der Waals surface area contributed by atoms with Crippen LogP contribution in [-0.2, 0) is 17.8 Å². The van der Waals surface area contributed by atoms with Gasteiger partial charge in [0.25, 0.3) is 0 Å². The van der Waals surface area contributed by atoms with E-state index in [0.29, 0.717) is 5.92 Å². The Morgan fingerprint density at radius 2 is 2.00 bits per heavy atom. The summed E-state index contributed by atoms with van der Waals surface area (Å²) in [6.07, 6.45) is 0. The van der Waals surface area contributed by atoms with Gasteiger partial charge in [0.1, 0.15) is 0 Å². The minimum absolute atomic E-state index is 0.669. The smallest absolute Gasteiger partial charge is 0.0593 e. The summed E-state index contributed by atoms with van der Waals surface area (Å²) in [5, 5.41) is 3.44. The highest BCUT2D eigenvalue weighted by Crippen LogP contribution is 2.04. The summed E-state index contributed by atoms with van der Waals surface area (Å²) in [6.45, 7) is 15.0. The number of ether oxygens (including phenoxy) is 1. The quantitative estimate of drug-likeness (QED) is 0.637. The summed E-state index contributed by atoms with van der Waals surface area (Å²) >= 11 is 0. The van der Waals surface area contributed by atoms with Gasteiger partial charge in [-0.2, -0.15) is 0 Å². The molecule has 1 N–H and O–H groups in total. The molecular formula is C17H31N3O. The number of hydrogen-bond acceptors (Lipinski definition) is 4. The van der Waals surface area contributed by atoms with E-state index in [4.69, 9.17) is 9.72 Å². The van der Waals surface area contributed by atoms with E-state index >= 15 is 0 Å². The number of nitrogens with one attached hydrogen (secondary N) is 1. The van der Waals surface area contributed by atoms with Crippen LogP contribution in [0.5, 0.6) is 0 Å². The fourth-order valence-electron chi connectivity index (χ4n) is 2.12. The van der Waals surface area contributed by atoms with Crippen LogP contribution < -0.4 is 5.32 Å². The van der Waals surface area contributed by atoms with Crippen molar-refractivity contribution in [2.75, 3.05) is 32.8 Å². The molecule has 0 aliphatic carbocycles. The van der Waals surface area contributed by atoms with Crippen molar-refractivity contribution in [1.29, 1.82) is 0 Å². The molecule has 0 radical (unpaired) electrons. The molecule has 1 rings (SSSR count). The van der Waals surface area contributed by atoms with Crippen molar-refractivity contribution in [3.05, 3.63) is 29.6 Å². The van der Waals surface area contributed by atoms with Crippen LogP contribution in [0, 0.1) is 5.92 Å². The molecule has 0 atom stereocenters. The topological polar surface area (TPSA) is 37.4 Å². The summed E-state index contributed by atoms with van der Waals surface area (Å²) in [4.78, 5) is 7.11. The minimum Gasteiger partial charge on any atom is -0.380 e. The van der Waals surface area contributed by atoms with Crippen LogP contribution in [0.2, 0.25) is 0 Å². The van der Waals surface area contributed by atoms with Crippen molar-refractivity contribution >= 4 is 0 Å². The van der Waals surface area contributed by atoms with Gasteiger partial charge in [0.2, 0.25) is 0 Å². The predicted molar refractivity (Wildman–Crippen MR) is 88.2 cm³/mol. The standard InChI is InChI=1S/C17H31N3O/c1-5-20(10-11-21-6-2)14-17-9-7-8-16(19-17)13-18-12-15(3)4/h7-9,15,18H,5-6,10-14H2,1-4H3. The number of hydrogen-bond donors (Lipinski definition) is 1. The first-order valence-corrected chi connectivity index (χ1v) is 8.11. The highest BCUT2D eigenvalue weighted by atomic mass is 16.5. The number of rotatable bonds is 11. The first-order valence-electron chi connectivity index (χ1n) is 8.11. The molecule has 0 aliphatic heterocycles. The minimum atomic E-state index is 0.669. The maximum atomic E-state index is 5.43. The van der Waals surface area contributed by atoms with Gasteiger partial charge < -0.3 is 10.1 Å². The maximum absolute atomic E-state index is 5.43. The van der Waals surface area contributed by atoms with Crippen LogP contribution in [0.1, 0.15) is 39.1 Å². The molecule has 120 valence electrons. The van der Waals surface area contributed by atoms with Gasteiger partial charge in [0, 0.05) is 26.2 Å². The average molecular weight is 293 g/mol. The van der Waals surface area contributed by atoms with E-state index in [1.807, 2.05) is 6.92 Å². The monoisotopic (exact) mass is 293 g/mol. The molecular weight excluding hydrogens is 262 g/mol. The lowest BCUT2D eigenvalue weighted by Crippen LogP contribution is -2.27. The summed E-state index contributed by atoms with van der Waals surface area (Å²) in [6, 6.07) is 6.30. The normalized spacial score (nSPS) is 11.5. The maximum Gasteiger partial charge on any atom is 0.0593 e. The van der Waals surface area contributed by atoms with E-state index < -0.39 is 0 Å². The van der Waals surface area contributed by atoms with Crippen LogP contribution in [0.3, 0.4) is 0 Å². The van der Waals surface area contributed by atoms with Gasteiger partial charge in [-0.3, -0.25) is 9.88 Å². The molecule has 0 aromatic carbocycles. The second-order valence-electron chi connectivity index (χ2n) is 5.71. The highest BCUT2D eigenvalue weighted by Gasteiger charge is 2.05. The molecule has 1 heterocycles. The average Bonchev–Trinajstić information content (AvgIpc) is 2.46. The lowest BCUT2D eigenvalue weighted by molar-refractivity contribution is 0.112. The molecule has 21 heavy (non-hydrogen) atoms. The summed E-state index contributed by atoms with van der Waals surface area (Å²) in [7, 11) is 0. The second kappa shape index (κ2) is 10.7. The van der Waals surface area contributed by atoms with E-state index in [0.717, 1.165) is 57.3 Å². The summed E-state index contributed by atoms with van der Waals surface area (Å²) < 4.78 is 5.43. The second-order valence-corrected chi connectivity index (χ2v) is 5.71. The Hall–Kier alpha value is -0.970. The van der Waals surface area contributed by atoms with Gasteiger partial charge >= 0.3 is 0 Å². The van der Waals surface area contributed by atoms with E-state index in [1.165, 1.54) is 0 Å². The molecule has 1 aromatic rings. The zero-order valence-corrected chi connectivity index (χ0v) is 14.1. The number of nitrogens with zero attached hydrogens (tertiary/aromatic N) is 2. The number of aromatic nitrogens is 1. The van der Waals surface area contributed by atoms with Crippen molar-refractivity contribution in [2.24, 2.45) is 5.92 Å². The molecule has 0 unspecified atom stereocenters. The Balaban J connectivity index is 2.46. The molecule has 0 fully saturated rings. The predicted octanol–water partition coefficient (Wildman–Crippen LogP) is 2.69. The zero-order chi connectivity index (χ0) is 15.5. The van der Waals surface area contributed by atoms with Crippen molar-refractivity contribution in [2.45, 2.75) is 40.8 Å². The first kappa shape index (κ1) is 18.1. The van der Waals surface area contributed by atoms with Crippen LogP contribution >= 0.6 is 0 Å². The summed E-state index contributed by atoms with van der Waals surface area (Å²) in [5.74, 6) is 0.669. The van der Waals surface area contributed by atoms with Crippen molar-refractivity contribution in [1.82, 2.24) is 15.2 Å². The lowest BCUT2D eigenvalue weighted by atomic mass is 10.2. The molecule has 4 heteroatoms. The van der Waals surface area contributed by atoms with Crippen LogP contribution in [0.25, 0.3) is 0 Å². The number of pyridine rings is 1. The molecule has 0 aliphatic rings. The molecule has 0 spiro atoms. The molecule has 0 amide bonds.